The van der Waals surface area contributed by atoms with Gasteiger partial charge in [-0.3, -0.25) is 9.78 Å². The smallest absolute Gasteiger partial charge is 0.280 e. The van der Waals surface area contributed by atoms with Gasteiger partial charge in [0, 0.05) is 12.5 Å². The van der Waals surface area contributed by atoms with Gasteiger partial charge in [0.05, 0.1) is 19.0 Å². The van der Waals surface area contributed by atoms with Gasteiger partial charge < -0.3 is 25.6 Å². The Hall–Kier alpha value is -1.97. The molecular formula is C11H15N5O4. The zero-order chi connectivity index (χ0) is 14.5. The fourth-order valence-corrected chi connectivity index (χ4v) is 2.70. The number of aromatic nitrogens is 4. The molecule has 0 spiro atoms. The van der Waals surface area contributed by atoms with E-state index in [1.807, 2.05) is 0 Å². The number of nitrogens with two attached hydrogens (primary N) is 1. The number of H-pyrrole nitrogens is 1. The molecule has 2 unspecified atom stereocenters. The number of hydrogen-bond acceptors (Lipinski definition) is 7. The first-order chi connectivity index (χ1) is 9.44. The third-order valence-corrected chi connectivity index (χ3v) is 3.82. The Morgan fingerprint density at radius 3 is 3.00 bits per heavy atom. The summed E-state index contributed by atoms with van der Waals surface area (Å²) < 4.78 is 1.60. The molecule has 9 nitrogen and oxygen atoms in total. The van der Waals surface area contributed by atoms with Gasteiger partial charge in [0.25, 0.3) is 5.56 Å². The van der Waals surface area contributed by atoms with E-state index in [-0.39, 0.29) is 30.3 Å². The number of nitrogens with one attached hydrogen (secondary N) is 1. The Bertz CT molecular complexity index is 710. The fourth-order valence-electron chi connectivity index (χ4n) is 2.70. The van der Waals surface area contributed by atoms with Crippen LogP contribution in [-0.4, -0.2) is 53.2 Å². The highest BCUT2D eigenvalue weighted by Crippen LogP contribution is 2.38. The van der Waals surface area contributed by atoms with Crippen LogP contribution in [0.3, 0.4) is 0 Å². The quantitative estimate of drug-likeness (QED) is 0.432. The summed E-state index contributed by atoms with van der Waals surface area (Å²) in [6.45, 7) is -0.534. The molecule has 3 rings (SSSR count). The average Bonchev–Trinajstić information content (AvgIpc) is 2.92. The van der Waals surface area contributed by atoms with Crippen molar-refractivity contribution in [1.82, 2.24) is 19.5 Å². The molecule has 0 radical (unpaired) electrons. The maximum Gasteiger partial charge on any atom is 0.280 e. The van der Waals surface area contributed by atoms with Crippen molar-refractivity contribution in [1.29, 1.82) is 0 Å². The van der Waals surface area contributed by atoms with Gasteiger partial charge in [-0.2, -0.15) is 4.98 Å². The van der Waals surface area contributed by atoms with Gasteiger partial charge in [0.2, 0.25) is 5.95 Å². The van der Waals surface area contributed by atoms with Gasteiger partial charge in [-0.15, -0.1) is 0 Å². The number of nitrogens with zero attached hydrogens (tertiary/aromatic N) is 3. The Morgan fingerprint density at radius 2 is 2.35 bits per heavy atom. The van der Waals surface area contributed by atoms with E-state index in [9.17, 15) is 20.1 Å². The van der Waals surface area contributed by atoms with Crippen LogP contribution in [0, 0.1) is 0 Å². The lowest BCUT2D eigenvalue weighted by Gasteiger charge is -2.23. The van der Waals surface area contributed by atoms with Crippen LogP contribution in [0.1, 0.15) is 18.9 Å². The second kappa shape index (κ2) is 4.27. The lowest BCUT2D eigenvalue weighted by Crippen LogP contribution is -2.40. The van der Waals surface area contributed by atoms with Gasteiger partial charge in [-0.05, 0) is 6.42 Å². The van der Waals surface area contributed by atoms with E-state index in [4.69, 9.17) is 5.73 Å². The standard InChI is InChI=1S/C11H15N5O4/c12-10-14-8-7(9(19)15-10)13-4-16(8)5-1-6(18)11(20,2-5)3-17/h4-6,17-18,20H,1-3H2,(H3,12,14,15,19)/t5-,6?,11?/m0/s1. The summed E-state index contributed by atoms with van der Waals surface area (Å²) in [6.07, 6.45) is 0.753. The minimum Gasteiger partial charge on any atom is -0.393 e. The number of aliphatic hydroxyl groups excluding tert-OH is 2. The number of nitrogen functional groups attached to an aromatic ring is 1. The van der Waals surface area contributed by atoms with E-state index in [0.717, 1.165) is 0 Å². The zero-order valence-corrected chi connectivity index (χ0v) is 10.5. The van der Waals surface area contributed by atoms with E-state index < -0.39 is 23.9 Å². The zero-order valence-electron chi connectivity index (χ0n) is 10.5. The Morgan fingerprint density at radius 1 is 1.60 bits per heavy atom. The van der Waals surface area contributed by atoms with E-state index >= 15 is 0 Å². The Labute approximate surface area is 112 Å². The van der Waals surface area contributed by atoms with Crippen molar-refractivity contribution in [3.05, 3.63) is 16.7 Å². The number of hydrogen-bond donors (Lipinski definition) is 5. The number of fused-ring (bicyclic) bond motifs is 1. The Balaban J connectivity index is 2.06. The fraction of sp³-hybridized carbons (Fsp3) is 0.545. The number of imidazole rings is 1. The maximum absolute atomic E-state index is 11.7. The molecule has 0 aromatic carbocycles. The largest absolute Gasteiger partial charge is 0.393 e. The van der Waals surface area contributed by atoms with Crippen molar-refractivity contribution in [3.63, 3.8) is 0 Å². The molecule has 1 aliphatic carbocycles. The van der Waals surface area contributed by atoms with E-state index in [0.29, 0.717) is 5.65 Å². The minimum atomic E-state index is -1.55. The number of aromatic amines is 1. The van der Waals surface area contributed by atoms with Crippen LogP contribution >= 0.6 is 0 Å². The summed E-state index contributed by atoms with van der Waals surface area (Å²) in [5, 5.41) is 29.1. The first-order valence-corrected chi connectivity index (χ1v) is 6.18. The molecule has 2 aromatic rings. The monoisotopic (exact) mass is 281 g/mol. The molecule has 0 amide bonds. The van der Waals surface area contributed by atoms with Gasteiger partial charge in [-0.1, -0.05) is 0 Å². The molecule has 0 saturated heterocycles. The molecule has 1 fully saturated rings. The SMILES string of the molecule is Nc1nc2c(ncn2[C@H]2CC(O)C(O)(CO)C2)c(=O)[nH]1. The molecule has 1 aliphatic rings. The van der Waals surface area contributed by atoms with Crippen molar-refractivity contribution >= 4 is 17.1 Å². The van der Waals surface area contributed by atoms with Crippen LogP contribution < -0.4 is 11.3 Å². The first-order valence-electron chi connectivity index (χ1n) is 6.18. The first kappa shape index (κ1) is 13.0. The van der Waals surface area contributed by atoms with Crippen molar-refractivity contribution < 1.29 is 15.3 Å². The highest BCUT2D eigenvalue weighted by atomic mass is 16.4. The molecule has 1 saturated carbocycles. The summed E-state index contributed by atoms with van der Waals surface area (Å²) in [7, 11) is 0. The van der Waals surface area contributed by atoms with E-state index in [1.165, 1.54) is 6.33 Å². The molecule has 2 heterocycles. The topological polar surface area (TPSA) is 150 Å². The second-order valence-corrected chi connectivity index (χ2v) is 5.15. The maximum atomic E-state index is 11.7. The third-order valence-electron chi connectivity index (χ3n) is 3.82. The number of rotatable bonds is 2. The molecule has 0 aliphatic heterocycles. The van der Waals surface area contributed by atoms with E-state index in [1.54, 1.807) is 4.57 Å². The van der Waals surface area contributed by atoms with Crippen LogP contribution in [0.5, 0.6) is 0 Å². The van der Waals surface area contributed by atoms with Crippen molar-refractivity contribution in [2.24, 2.45) is 0 Å². The van der Waals surface area contributed by atoms with Crippen molar-refractivity contribution in [2.75, 3.05) is 12.3 Å². The summed E-state index contributed by atoms with van der Waals surface area (Å²) in [6, 6.07) is -0.319. The van der Waals surface area contributed by atoms with Crippen molar-refractivity contribution in [2.45, 2.75) is 30.6 Å². The summed E-state index contributed by atoms with van der Waals surface area (Å²) in [4.78, 5) is 22.0. The van der Waals surface area contributed by atoms with Gasteiger partial charge in [0.1, 0.15) is 5.60 Å². The molecular weight excluding hydrogens is 266 g/mol. The lowest BCUT2D eigenvalue weighted by molar-refractivity contribution is -0.0855. The highest BCUT2D eigenvalue weighted by Gasteiger charge is 2.46. The predicted octanol–water partition coefficient (Wildman–Crippen LogP) is -1.88. The van der Waals surface area contributed by atoms with Crippen LogP contribution in [0.25, 0.3) is 11.2 Å². The van der Waals surface area contributed by atoms with Gasteiger partial charge in [0.15, 0.2) is 11.2 Å². The van der Waals surface area contributed by atoms with Crippen LogP contribution in [0.15, 0.2) is 11.1 Å². The number of anilines is 1. The lowest BCUT2D eigenvalue weighted by atomic mass is 10.0. The molecule has 3 atom stereocenters. The Kier molecular flexibility index (Phi) is 2.78. The molecule has 108 valence electrons. The molecule has 6 N–H and O–H groups in total. The average molecular weight is 281 g/mol. The van der Waals surface area contributed by atoms with E-state index in [2.05, 4.69) is 15.0 Å². The predicted molar refractivity (Wildman–Crippen MR) is 68.9 cm³/mol. The van der Waals surface area contributed by atoms with Crippen molar-refractivity contribution in [3.8, 4) is 0 Å². The molecule has 9 heteroatoms. The molecule has 0 bridgehead atoms. The summed E-state index contributed by atoms with van der Waals surface area (Å²) >= 11 is 0. The molecule has 20 heavy (non-hydrogen) atoms. The second-order valence-electron chi connectivity index (χ2n) is 5.15. The summed E-state index contributed by atoms with van der Waals surface area (Å²) in [5.41, 5.74) is 3.96. The van der Waals surface area contributed by atoms with Crippen LogP contribution in [-0.2, 0) is 0 Å². The normalized spacial score (nSPS) is 30.1. The van der Waals surface area contributed by atoms with Crippen LogP contribution in [0.4, 0.5) is 5.95 Å². The van der Waals surface area contributed by atoms with Gasteiger partial charge in [-0.25, -0.2) is 4.98 Å². The molecule has 2 aromatic heterocycles. The third kappa shape index (κ3) is 1.79. The number of aliphatic hydroxyl groups is 3. The highest BCUT2D eigenvalue weighted by molar-refractivity contribution is 5.70. The van der Waals surface area contributed by atoms with Crippen LogP contribution in [0.2, 0.25) is 0 Å². The summed E-state index contributed by atoms with van der Waals surface area (Å²) in [5.74, 6) is -0.0276. The van der Waals surface area contributed by atoms with Gasteiger partial charge >= 0.3 is 0 Å². The minimum absolute atomic E-state index is 0.0276.